The molecule has 0 amide bonds. The van der Waals surface area contributed by atoms with Crippen molar-refractivity contribution in [2.24, 2.45) is 0 Å². The van der Waals surface area contributed by atoms with E-state index in [0.717, 1.165) is 24.3 Å². The summed E-state index contributed by atoms with van der Waals surface area (Å²) in [6.07, 6.45) is 0. The standard InChI is InChI=1S/C12H8BrF3N2O2S/c13-7-4-9(16)12(5-10(7)17)21(19,20)18-11-2-1-6(14)3-8(11)15/h1-5,18H,17H2. The lowest BCUT2D eigenvalue weighted by atomic mass is 10.3. The van der Waals surface area contributed by atoms with E-state index < -0.39 is 38.1 Å². The van der Waals surface area contributed by atoms with E-state index in [0.29, 0.717) is 6.07 Å². The minimum Gasteiger partial charge on any atom is -0.398 e. The lowest BCUT2D eigenvalue weighted by Crippen LogP contribution is -2.16. The Bertz CT molecular complexity index is 812. The number of sulfonamides is 1. The van der Waals surface area contributed by atoms with Gasteiger partial charge in [-0.2, -0.15) is 0 Å². The summed E-state index contributed by atoms with van der Waals surface area (Å²) in [7, 11) is -4.41. The summed E-state index contributed by atoms with van der Waals surface area (Å²) in [6.45, 7) is 0. The maximum Gasteiger partial charge on any atom is 0.264 e. The van der Waals surface area contributed by atoms with Crippen LogP contribution in [0.25, 0.3) is 0 Å². The normalized spacial score (nSPS) is 11.4. The molecule has 0 aromatic heterocycles. The smallest absolute Gasteiger partial charge is 0.264 e. The molecule has 21 heavy (non-hydrogen) atoms. The summed E-state index contributed by atoms with van der Waals surface area (Å²) in [6, 6.07) is 4.04. The van der Waals surface area contributed by atoms with Gasteiger partial charge in [0.15, 0.2) is 0 Å². The van der Waals surface area contributed by atoms with Crippen LogP contribution in [0.15, 0.2) is 39.7 Å². The molecule has 0 radical (unpaired) electrons. The van der Waals surface area contributed by atoms with Crippen LogP contribution in [0, 0.1) is 17.5 Å². The molecule has 0 fully saturated rings. The maximum atomic E-state index is 13.7. The predicted molar refractivity (Wildman–Crippen MR) is 75.7 cm³/mol. The lowest BCUT2D eigenvalue weighted by Gasteiger charge is -2.11. The number of rotatable bonds is 3. The van der Waals surface area contributed by atoms with Gasteiger partial charge in [-0.1, -0.05) is 0 Å². The highest BCUT2D eigenvalue weighted by atomic mass is 79.9. The molecule has 0 aliphatic carbocycles. The molecule has 0 unspecified atom stereocenters. The Hall–Kier alpha value is -1.74. The van der Waals surface area contributed by atoms with E-state index in [1.54, 1.807) is 0 Å². The monoisotopic (exact) mass is 380 g/mol. The number of halogens is 4. The molecule has 0 bridgehead atoms. The summed E-state index contributed by atoms with van der Waals surface area (Å²) < 4.78 is 66.1. The minimum atomic E-state index is -4.41. The molecule has 0 atom stereocenters. The fourth-order valence-corrected chi connectivity index (χ4v) is 3.00. The Morgan fingerprint density at radius 1 is 1.05 bits per heavy atom. The first-order valence-corrected chi connectivity index (χ1v) is 7.71. The molecule has 2 rings (SSSR count). The SMILES string of the molecule is Nc1cc(S(=O)(=O)Nc2ccc(F)cc2F)c(F)cc1Br. The first-order chi connectivity index (χ1) is 9.70. The van der Waals surface area contributed by atoms with Crippen molar-refractivity contribution in [2.75, 3.05) is 10.5 Å². The van der Waals surface area contributed by atoms with Gasteiger partial charge in [-0.25, -0.2) is 21.6 Å². The molecule has 0 aliphatic heterocycles. The molecular weight excluding hydrogens is 373 g/mol. The minimum absolute atomic E-state index is 0.00338. The van der Waals surface area contributed by atoms with Crippen LogP contribution in [-0.4, -0.2) is 8.42 Å². The van der Waals surface area contributed by atoms with Gasteiger partial charge in [0.2, 0.25) is 0 Å². The second-order valence-electron chi connectivity index (χ2n) is 4.03. The summed E-state index contributed by atoms with van der Waals surface area (Å²) in [5, 5.41) is 0. The average Bonchev–Trinajstić information content (AvgIpc) is 2.37. The molecule has 3 N–H and O–H groups in total. The fourth-order valence-electron chi connectivity index (χ4n) is 1.52. The zero-order valence-electron chi connectivity index (χ0n) is 10.2. The van der Waals surface area contributed by atoms with Crippen molar-refractivity contribution in [2.45, 2.75) is 4.90 Å². The van der Waals surface area contributed by atoms with Crippen LogP contribution in [0.5, 0.6) is 0 Å². The number of nitrogen functional groups attached to an aromatic ring is 1. The molecule has 112 valence electrons. The zero-order chi connectivity index (χ0) is 15.8. The highest BCUT2D eigenvalue weighted by Gasteiger charge is 2.22. The first-order valence-electron chi connectivity index (χ1n) is 5.43. The Morgan fingerprint density at radius 3 is 2.33 bits per heavy atom. The van der Waals surface area contributed by atoms with Crippen molar-refractivity contribution in [3.05, 3.63) is 52.3 Å². The fraction of sp³-hybridized carbons (Fsp3) is 0. The van der Waals surface area contributed by atoms with Crippen LogP contribution in [-0.2, 0) is 10.0 Å². The van der Waals surface area contributed by atoms with Gasteiger partial charge >= 0.3 is 0 Å². The number of nitrogens with one attached hydrogen (secondary N) is 1. The van der Waals surface area contributed by atoms with E-state index in [2.05, 4.69) is 15.9 Å². The molecule has 0 spiro atoms. The molecule has 0 saturated heterocycles. The van der Waals surface area contributed by atoms with Crippen molar-refractivity contribution in [3.8, 4) is 0 Å². The van der Waals surface area contributed by atoms with Crippen LogP contribution in [0.1, 0.15) is 0 Å². The van der Waals surface area contributed by atoms with Gasteiger partial charge in [-0.15, -0.1) is 0 Å². The van der Waals surface area contributed by atoms with Gasteiger partial charge in [0.25, 0.3) is 10.0 Å². The topological polar surface area (TPSA) is 72.2 Å². The van der Waals surface area contributed by atoms with Crippen LogP contribution >= 0.6 is 15.9 Å². The van der Waals surface area contributed by atoms with E-state index in [4.69, 9.17) is 5.73 Å². The van der Waals surface area contributed by atoms with Crippen molar-refractivity contribution in [1.29, 1.82) is 0 Å². The molecule has 0 saturated carbocycles. The number of hydrogen-bond donors (Lipinski definition) is 2. The van der Waals surface area contributed by atoms with E-state index in [9.17, 15) is 21.6 Å². The van der Waals surface area contributed by atoms with Crippen molar-refractivity contribution in [1.82, 2.24) is 0 Å². The van der Waals surface area contributed by atoms with Gasteiger partial charge in [-0.05, 0) is 40.2 Å². The van der Waals surface area contributed by atoms with Gasteiger partial charge < -0.3 is 5.73 Å². The van der Waals surface area contributed by atoms with E-state index >= 15 is 0 Å². The second kappa shape index (κ2) is 5.57. The lowest BCUT2D eigenvalue weighted by molar-refractivity contribution is 0.567. The zero-order valence-corrected chi connectivity index (χ0v) is 12.6. The summed E-state index contributed by atoms with van der Waals surface area (Å²) in [5.41, 5.74) is 4.99. The third-order valence-corrected chi connectivity index (χ3v) is 4.58. The highest BCUT2D eigenvalue weighted by molar-refractivity contribution is 9.10. The highest BCUT2D eigenvalue weighted by Crippen LogP contribution is 2.28. The van der Waals surface area contributed by atoms with Crippen molar-refractivity contribution in [3.63, 3.8) is 0 Å². The average molecular weight is 381 g/mol. The van der Waals surface area contributed by atoms with Crippen molar-refractivity contribution >= 4 is 37.3 Å². The van der Waals surface area contributed by atoms with Crippen LogP contribution < -0.4 is 10.5 Å². The molecule has 2 aromatic carbocycles. The van der Waals surface area contributed by atoms with Crippen LogP contribution in [0.2, 0.25) is 0 Å². The predicted octanol–water partition coefficient (Wildman–Crippen LogP) is 3.25. The summed E-state index contributed by atoms with van der Waals surface area (Å²) in [5.74, 6) is -3.05. The molecule has 0 heterocycles. The van der Waals surface area contributed by atoms with Gasteiger partial charge in [0.05, 0.1) is 5.69 Å². The molecule has 2 aromatic rings. The molecule has 0 aliphatic rings. The van der Waals surface area contributed by atoms with Crippen LogP contribution in [0.3, 0.4) is 0 Å². The van der Waals surface area contributed by atoms with Crippen LogP contribution in [0.4, 0.5) is 24.5 Å². The molecule has 9 heteroatoms. The quantitative estimate of drug-likeness (QED) is 0.802. The van der Waals surface area contributed by atoms with Gasteiger partial charge in [-0.3, -0.25) is 4.72 Å². The Morgan fingerprint density at radius 2 is 1.71 bits per heavy atom. The third-order valence-electron chi connectivity index (χ3n) is 2.52. The van der Waals surface area contributed by atoms with Gasteiger partial charge in [0, 0.05) is 16.2 Å². The summed E-state index contributed by atoms with van der Waals surface area (Å²) in [4.78, 5) is -0.744. The number of nitrogens with two attached hydrogens (primary N) is 1. The summed E-state index contributed by atoms with van der Waals surface area (Å²) >= 11 is 2.95. The van der Waals surface area contributed by atoms with E-state index in [1.165, 1.54) is 0 Å². The number of benzene rings is 2. The Labute approximate surface area is 127 Å². The third kappa shape index (κ3) is 3.30. The Balaban J connectivity index is 2.46. The second-order valence-corrected chi connectivity index (χ2v) is 6.54. The van der Waals surface area contributed by atoms with Gasteiger partial charge in [0.1, 0.15) is 22.3 Å². The maximum absolute atomic E-state index is 13.7. The number of anilines is 2. The van der Waals surface area contributed by atoms with E-state index in [1.807, 2.05) is 4.72 Å². The van der Waals surface area contributed by atoms with Crippen molar-refractivity contribution < 1.29 is 21.6 Å². The van der Waals surface area contributed by atoms with E-state index in [-0.39, 0.29) is 10.2 Å². The Kier molecular flexibility index (Phi) is 4.15. The number of hydrogen-bond acceptors (Lipinski definition) is 3. The largest absolute Gasteiger partial charge is 0.398 e. The molecule has 4 nitrogen and oxygen atoms in total. The molecular formula is C12H8BrF3N2O2S. The first kappa shape index (κ1) is 15.6.